The number of hydrogen-bond acceptors (Lipinski definition) is 7. The zero-order valence-electron chi connectivity index (χ0n) is 14.1. The second-order valence-corrected chi connectivity index (χ2v) is 5.98. The predicted octanol–water partition coefficient (Wildman–Crippen LogP) is 0.174. The maximum Gasteiger partial charge on any atom is 0.317 e. The van der Waals surface area contributed by atoms with Gasteiger partial charge in [0.15, 0.2) is 0 Å². The van der Waals surface area contributed by atoms with Crippen LogP contribution in [0.2, 0.25) is 0 Å². The topological polar surface area (TPSA) is 139 Å². The fourth-order valence-corrected chi connectivity index (χ4v) is 2.76. The van der Waals surface area contributed by atoms with Crippen LogP contribution in [0.5, 0.6) is 0 Å². The van der Waals surface area contributed by atoms with E-state index in [2.05, 4.69) is 0 Å². The van der Waals surface area contributed by atoms with Crippen molar-refractivity contribution in [1.29, 1.82) is 0 Å². The highest BCUT2D eigenvalue weighted by molar-refractivity contribution is 6.01. The summed E-state index contributed by atoms with van der Waals surface area (Å²) < 4.78 is 19.2. The number of ether oxygens (including phenoxy) is 1. The highest BCUT2D eigenvalue weighted by Crippen LogP contribution is 2.28. The van der Waals surface area contributed by atoms with Crippen molar-refractivity contribution in [3.8, 4) is 0 Å². The number of amides is 1. The van der Waals surface area contributed by atoms with Crippen molar-refractivity contribution in [3.05, 3.63) is 33.6 Å². The number of hydrogen-bond donors (Lipinski definition) is 2. The highest BCUT2D eigenvalue weighted by Gasteiger charge is 2.29. The van der Waals surface area contributed by atoms with E-state index in [-0.39, 0.29) is 38.3 Å². The molecule has 3 N–H and O–H groups in total. The first kappa shape index (κ1) is 19.5. The van der Waals surface area contributed by atoms with Gasteiger partial charge < -0.3 is 20.5 Å². The zero-order chi connectivity index (χ0) is 19.4. The lowest BCUT2D eigenvalue weighted by atomic mass is 10.1. The van der Waals surface area contributed by atoms with E-state index in [4.69, 9.17) is 15.6 Å². The molecule has 1 atom stereocenters. The van der Waals surface area contributed by atoms with Gasteiger partial charge in [-0.3, -0.25) is 24.6 Å². The van der Waals surface area contributed by atoms with Gasteiger partial charge in [0, 0.05) is 19.6 Å². The van der Waals surface area contributed by atoms with E-state index >= 15 is 0 Å². The van der Waals surface area contributed by atoms with Crippen molar-refractivity contribution in [3.63, 3.8) is 0 Å². The molecule has 1 aromatic rings. The molecule has 0 bridgehead atoms. The molecule has 1 heterocycles. The number of carboxylic acid groups (broad SMARTS) is 1. The molecule has 0 aliphatic carbocycles. The zero-order valence-corrected chi connectivity index (χ0v) is 14.1. The Hall–Kier alpha value is -2.79. The molecule has 11 heteroatoms. The highest BCUT2D eigenvalue weighted by atomic mass is 19.1. The van der Waals surface area contributed by atoms with Crippen LogP contribution in [0.25, 0.3) is 0 Å². The number of nitrogens with two attached hydrogens (primary N) is 1. The summed E-state index contributed by atoms with van der Waals surface area (Å²) in [5.74, 6) is -2.56. The molecule has 1 saturated heterocycles. The smallest absolute Gasteiger partial charge is 0.317 e. The molecule has 1 amide bonds. The quantitative estimate of drug-likeness (QED) is 0.410. The van der Waals surface area contributed by atoms with Crippen molar-refractivity contribution in [2.75, 3.05) is 45.6 Å². The summed E-state index contributed by atoms with van der Waals surface area (Å²) in [5, 5.41) is 19.7. The van der Waals surface area contributed by atoms with Gasteiger partial charge in [0.2, 0.25) is 0 Å². The molecule has 10 nitrogen and oxygen atoms in total. The number of carboxylic acids is 1. The Morgan fingerprint density at radius 1 is 1.54 bits per heavy atom. The monoisotopic (exact) mass is 370 g/mol. The summed E-state index contributed by atoms with van der Waals surface area (Å²) in [7, 11) is 1.60. The molecule has 142 valence electrons. The molecule has 2 rings (SSSR count). The van der Waals surface area contributed by atoms with Crippen molar-refractivity contribution in [1.82, 2.24) is 9.80 Å². The second kappa shape index (κ2) is 8.06. The Labute approximate surface area is 148 Å². The van der Waals surface area contributed by atoms with Gasteiger partial charge in [-0.05, 0) is 13.1 Å². The lowest BCUT2D eigenvalue weighted by molar-refractivity contribution is -0.384. The van der Waals surface area contributed by atoms with Crippen molar-refractivity contribution in [2.45, 2.75) is 6.10 Å². The average molecular weight is 370 g/mol. The van der Waals surface area contributed by atoms with Gasteiger partial charge in [0.25, 0.3) is 11.6 Å². The number of morpholine rings is 1. The standard InChI is InChI=1S/C15H19FN4O6/c1-18(8-13(21)22)6-10-7-19(2-3-26-10)15(23)11-4-9(16)5-12(14(11)17)20(24)25/h4-5,10H,2-3,6-8,17H2,1H3,(H,21,22). The summed E-state index contributed by atoms with van der Waals surface area (Å²) in [6.45, 7) is 0.634. The van der Waals surface area contributed by atoms with Crippen LogP contribution in [-0.4, -0.2) is 77.6 Å². The summed E-state index contributed by atoms with van der Waals surface area (Å²) in [5.41, 5.74) is 4.33. The predicted molar refractivity (Wildman–Crippen MR) is 88.2 cm³/mol. The molecule has 26 heavy (non-hydrogen) atoms. The van der Waals surface area contributed by atoms with Crippen LogP contribution in [0.1, 0.15) is 10.4 Å². The third-order valence-electron chi connectivity index (χ3n) is 3.90. The Bertz CT molecular complexity index is 728. The number of carbonyl (C=O) groups is 2. The van der Waals surface area contributed by atoms with E-state index in [1.54, 1.807) is 7.05 Å². The molecule has 1 fully saturated rings. The van der Waals surface area contributed by atoms with Gasteiger partial charge in [-0.2, -0.15) is 0 Å². The Morgan fingerprint density at radius 3 is 2.85 bits per heavy atom. The normalized spacial score (nSPS) is 17.3. The number of nitro benzene ring substituents is 1. The number of anilines is 1. The number of aliphatic carboxylic acids is 1. The van der Waals surface area contributed by atoms with Crippen LogP contribution in [0.4, 0.5) is 15.8 Å². The largest absolute Gasteiger partial charge is 0.480 e. The SMILES string of the molecule is CN(CC(=O)O)CC1CN(C(=O)c2cc(F)cc([N+](=O)[O-])c2N)CCO1. The first-order valence-electron chi connectivity index (χ1n) is 7.73. The van der Waals surface area contributed by atoms with Crippen LogP contribution < -0.4 is 5.73 Å². The van der Waals surface area contributed by atoms with Gasteiger partial charge in [-0.25, -0.2) is 4.39 Å². The van der Waals surface area contributed by atoms with Crippen LogP contribution in [-0.2, 0) is 9.53 Å². The maximum atomic E-state index is 13.6. The Morgan fingerprint density at radius 2 is 2.23 bits per heavy atom. The molecule has 1 aromatic carbocycles. The molecule has 0 radical (unpaired) electrons. The number of nitrogens with zero attached hydrogens (tertiary/aromatic N) is 3. The summed E-state index contributed by atoms with van der Waals surface area (Å²) in [6.07, 6.45) is -0.443. The number of likely N-dealkylation sites (N-methyl/N-ethyl adjacent to an activating group) is 1. The second-order valence-electron chi connectivity index (χ2n) is 5.98. The minimum Gasteiger partial charge on any atom is -0.480 e. The fraction of sp³-hybridized carbons (Fsp3) is 0.467. The van der Waals surface area contributed by atoms with E-state index in [1.165, 1.54) is 9.80 Å². The van der Waals surface area contributed by atoms with Crippen LogP contribution in [0, 0.1) is 15.9 Å². The van der Waals surface area contributed by atoms with Gasteiger partial charge in [0.1, 0.15) is 11.5 Å². The minimum absolute atomic E-state index is 0.131. The Balaban J connectivity index is 2.14. The number of benzene rings is 1. The molecule has 0 saturated carbocycles. The lowest BCUT2D eigenvalue weighted by Gasteiger charge is -2.34. The fourth-order valence-electron chi connectivity index (χ4n) is 2.76. The van der Waals surface area contributed by atoms with Gasteiger partial charge >= 0.3 is 5.97 Å². The van der Waals surface area contributed by atoms with E-state index < -0.39 is 40.1 Å². The van der Waals surface area contributed by atoms with E-state index in [0.29, 0.717) is 6.07 Å². The average Bonchev–Trinajstić information content (AvgIpc) is 2.55. The first-order valence-corrected chi connectivity index (χ1v) is 7.73. The van der Waals surface area contributed by atoms with Crippen molar-refractivity contribution < 1.29 is 28.7 Å². The van der Waals surface area contributed by atoms with Gasteiger partial charge in [-0.1, -0.05) is 0 Å². The summed E-state index contributed by atoms with van der Waals surface area (Å²) in [4.78, 5) is 36.4. The molecule has 0 aromatic heterocycles. The number of rotatable bonds is 6. The van der Waals surface area contributed by atoms with Crippen LogP contribution in [0.15, 0.2) is 12.1 Å². The number of carbonyl (C=O) groups excluding carboxylic acids is 1. The molecular weight excluding hydrogens is 351 g/mol. The van der Waals surface area contributed by atoms with Gasteiger partial charge in [0.05, 0.1) is 35.8 Å². The van der Waals surface area contributed by atoms with Crippen LogP contribution >= 0.6 is 0 Å². The third kappa shape index (κ3) is 4.64. The van der Waals surface area contributed by atoms with E-state index in [1.807, 2.05) is 0 Å². The van der Waals surface area contributed by atoms with Crippen LogP contribution in [0.3, 0.4) is 0 Å². The number of nitrogen functional groups attached to an aromatic ring is 1. The maximum absolute atomic E-state index is 13.6. The first-order chi connectivity index (χ1) is 12.2. The lowest BCUT2D eigenvalue weighted by Crippen LogP contribution is -2.49. The molecular formula is C15H19FN4O6. The minimum atomic E-state index is -0.990. The summed E-state index contributed by atoms with van der Waals surface area (Å²) in [6, 6.07) is 1.53. The third-order valence-corrected chi connectivity index (χ3v) is 3.90. The molecule has 1 aliphatic rings. The van der Waals surface area contributed by atoms with E-state index in [9.17, 15) is 24.1 Å². The van der Waals surface area contributed by atoms with Crippen molar-refractivity contribution >= 4 is 23.3 Å². The molecule has 1 unspecified atom stereocenters. The number of nitro groups is 1. The number of halogens is 1. The summed E-state index contributed by atoms with van der Waals surface area (Å²) >= 11 is 0. The van der Waals surface area contributed by atoms with E-state index in [0.717, 1.165) is 6.07 Å². The van der Waals surface area contributed by atoms with Crippen molar-refractivity contribution in [2.24, 2.45) is 0 Å². The van der Waals surface area contributed by atoms with Gasteiger partial charge in [-0.15, -0.1) is 0 Å². The molecule has 0 spiro atoms. The molecule has 1 aliphatic heterocycles. The Kier molecular flexibility index (Phi) is 6.05.